The first-order valence-corrected chi connectivity index (χ1v) is 8.30. The highest BCUT2D eigenvalue weighted by atomic mass is 79.9. The van der Waals surface area contributed by atoms with Crippen LogP contribution >= 0.6 is 31.9 Å². The average Bonchev–Trinajstić information content (AvgIpc) is 2.33. The molecule has 0 radical (unpaired) electrons. The predicted molar refractivity (Wildman–Crippen MR) is 79.0 cm³/mol. The average molecular weight is 427 g/mol. The third kappa shape index (κ3) is 3.18. The van der Waals surface area contributed by atoms with Crippen LogP contribution in [0.25, 0.3) is 0 Å². The summed E-state index contributed by atoms with van der Waals surface area (Å²) < 4.78 is 54.1. The summed E-state index contributed by atoms with van der Waals surface area (Å²) in [6, 6.07) is 7.48. The maximum absolute atomic E-state index is 13.7. The Bertz CT molecular complexity index is 746. The van der Waals surface area contributed by atoms with E-state index in [2.05, 4.69) is 31.9 Å². The van der Waals surface area contributed by atoms with Crippen molar-refractivity contribution in [2.45, 2.75) is 4.90 Å². The van der Waals surface area contributed by atoms with Crippen LogP contribution in [0.15, 0.2) is 50.2 Å². The third-order valence-electron chi connectivity index (χ3n) is 2.38. The lowest BCUT2D eigenvalue weighted by Crippen LogP contribution is -2.16. The van der Waals surface area contributed by atoms with Crippen LogP contribution in [-0.4, -0.2) is 8.42 Å². The zero-order valence-corrected chi connectivity index (χ0v) is 13.7. The third-order valence-corrected chi connectivity index (χ3v) is 4.92. The molecule has 0 aliphatic rings. The molecule has 0 aromatic heterocycles. The highest BCUT2D eigenvalue weighted by Crippen LogP contribution is 2.28. The predicted octanol–water partition coefficient (Wildman–Crippen LogP) is 4.29. The van der Waals surface area contributed by atoms with Crippen molar-refractivity contribution in [3.8, 4) is 0 Å². The Morgan fingerprint density at radius 1 is 1.00 bits per heavy atom. The molecule has 0 amide bonds. The van der Waals surface area contributed by atoms with E-state index in [0.29, 0.717) is 4.47 Å². The number of sulfonamides is 1. The molecule has 0 bridgehead atoms. The summed E-state index contributed by atoms with van der Waals surface area (Å²) >= 11 is 6.06. The van der Waals surface area contributed by atoms with Gasteiger partial charge in [0.1, 0.15) is 16.5 Å². The quantitative estimate of drug-likeness (QED) is 0.795. The smallest absolute Gasteiger partial charge is 0.264 e. The Balaban J connectivity index is 2.46. The molecule has 0 atom stereocenters. The van der Waals surface area contributed by atoms with E-state index in [1.165, 1.54) is 18.2 Å². The number of anilines is 1. The fraction of sp³-hybridized carbons (Fsp3) is 0. The van der Waals surface area contributed by atoms with E-state index in [1.54, 1.807) is 0 Å². The summed E-state index contributed by atoms with van der Waals surface area (Å²) in [6.07, 6.45) is 0. The minimum absolute atomic E-state index is 0.221. The summed E-state index contributed by atoms with van der Waals surface area (Å²) in [6.45, 7) is 0. The molecule has 3 nitrogen and oxygen atoms in total. The molecule has 0 saturated carbocycles. The van der Waals surface area contributed by atoms with E-state index in [9.17, 15) is 17.2 Å². The van der Waals surface area contributed by atoms with Gasteiger partial charge in [-0.25, -0.2) is 17.2 Å². The van der Waals surface area contributed by atoms with Gasteiger partial charge in [0.05, 0.1) is 5.69 Å². The van der Waals surface area contributed by atoms with Crippen LogP contribution in [0, 0.1) is 11.6 Å². The number of hydrogen-bond acceptors (Lipinski definition) is 2. The molecule has 0 fully saturated rings. The highest BCUT2D eigenvalue weighted by molar-refractivity contribution is 9.10. The second-order valence-corrected chi connectivity index (χ2v) is 7.20. The highest BCUT2D eigenvalue weighted by Gasteiger charge is 2.21. The van der Waals surface area contributed by atoms with Gasteiger partial charge in [-0.05, 0) is 46.3 Å². The molecule has 2 aromatic carbocycles. The van der Waals surface area contributed by atoms with E-state index >= 15 is 0 Å². The summed E-state index contributed by atoms with van der Waals surface area (Å²) in [5.41, 5.74) is -0.269. The molecule has 0 saturated heterocycles. The van der Waals surface area contributed by atoms with Gasteiger partial charge in [-0.15, -0.1) is 0 Å². The van der Waals surface area contributed by atoms with E-state index in [0.717, 1.165) is 18.2 Å². The number of para-hydroxylation sites is 1. The molecule has 1 N–H and O–H groups in total. The lowest BCUT2D eigenvalue weighted by atomic mass is 10.3. The van der Waals surface area contributed by atoms with Crippen LogP contribution in [0.1, 0.15) is 0 Å². The van der Waals surface area contributed by atoms with Crippen molar-refractivity contribution in [1.82, 2.24) is 0 Å². The maximum Gasteiger partial charge on any atom is 0.264 e. The van der Waals surface area contributed by atoms with Crippen molar-refractivity contribution in [1.29, 1.82) is 0 Å². The molecule has 2 aromatic rings. The first-order valence-electron chi connectivity index (χ1n) is 5.23. The van der Waals surface area contributed by atoms with Crippen LogP contribution in [-0.2, 0) is 10.0 Å². The van der Waals surface area contributed by atoms with Crippen molar-refractivity contribution >= 4 is 47.6 Å². The maximum atomic E-state index is 13.7. The normalized spacial score (nSPS) is 11.4. The zero-order valence-electron chi connectivity index (χ0n) is 9.70. The first kappa shape index (κ1) is 15.4. The Kier molecular flexibility index (Phi) is 4.46. The van der Waals surface area contributed by atoms with Gasteiger partial charge >= 0.3 is 0 Å². The summed E-state index contributed by atoms with van der Waals surface area (Å²) in [5, 5.41) is 0. The molecule has 0 spiro atoms. The number of rotatable bonds is 3. The fourth-order valence-electron chi connectivity index (χ4n) is 1.48. The van der Waals surface area contributed by atoms with Crippen LogP contribution in [0.3, 0.4) is 0 Å². The minimum atomic E-state index is -4.22. The van der Waals surface area contributed by atoms with Crippen molar-refractivity contribution in [3.05, 3.63) is 57.0 Å². The number of halogens is 4. The molecular formula is C12H7Br2F2NO2S. The van der Waals surface area contributed by atoms with E-state index < -0.39 is 26.6 Å². The molecule has 2 rings (SSSR count). The number of nitrogens with one attached hydrogen (secondary N) is 1. The standard InChI is InChI=1S/C12H7Br2F2NO2S/c13-7-4-5-11(10(16)6-7)20(18,19)17-12-8(14)2-1-3-9(12)15/h1-6,17H. The van der Waals surface area contributed by atoms with Gasteiger partial charge in [-0.2, -0.15) is 0 Å². The topological polar surface area (TPSA) is 46.2 Å². The van der Waals surface area contributed by atoms with Crippen LogP contribution < -0.4 is 4.72 Å². The molecule has 0 unspecified atom stereocenters. The Hall–Kier alpha value is -0.990. The number of benzene rings is 2. The lowest BCUT2D eigenvalue weighted by Gasteiger charge is -2.11. The van der Waals surface area contributed by atoms with Crippen molar-refractivity contribution in [3.63, 3.8) is 0 Å². The van der Waals surface area contributed by atoms with Gasteiger partial charge in [-0.1, -0.05) is 22.0 Å². The van der Waals surface area contributed by atoms with Gasteiger partial charge in [0.2, 0.25) is 0 Å². The van der Waals surface area contributed by atoms with Gasteiger partial charge in [-0.3, -0.25) is 4.72 Å². The molecule has 0 aliphatic carbocycles. The molecule has 106 valence electrons. The molecular weight excluding hydrogens is 420 g/mol. The van der Waals surface area contributed by atoms with Crippen LogP contribution in [0.5, 0.6) is 0 Å². The molecule has 0 aliphatic heterocycles. The van der Waals surface area contributed by atoms with E-state index in [-0.39, 0.29) is 10.2 Å². The monoisotopic (exact) mass is 425 g/mol. The second-order valence-electron chi connectivity index (χ2n) is 3.78. The summed E-state index contributed by atoms with van der Waals surface area (Å²) in [5.74, 6) is -1.69. The van der Waals surface area contributed by atoms with Gasteiger partial charge in [0.15, 0.2) is 0 Å². The van der Waals surface area contributed by atoms with Crippen molar-refractivity contribution < 1.29 is 17.2 Å². The Morgan fingerprint density at radius 2 is 1.70 bits per heavy atom. The van der Waals surface area contributed by atoms with Gasteiger partial charge in [0, 0.05) is 8.95 Å². The van der Waals surface area contributed by atoms with E-state index in [4.69, 9.17) is 0 Å². The van der Waals surface area contributed by atoms with Crippen LogP contribution in [0.4, 0.5) is 14.5 Å². The molecule has 8 heteroatoms. The first-order chi connectivity index (χ1) is 9.31. The second kappa shape index (κ2) is 5.79. The zero-order chi connectivity index (χ0) is 14.9. The lowest BCUT2D eigenvalue weighted by molar-refractivity contribution is 0.569. The van der Waals surface area contributed by atoms with Gasteiger partial charge < -0.3 is 0 Å². The van der Waals surface area contributed by atoms with Crippen molar-refractivity contribution in [2.75, 3.05) is 4.72 Å². The molecule has 20 heavy (non-hydrogen) atoms. The van der Waals surface area contributed by atoms with Crippen LogP contribution in [0.2, 0.25) is 0 Å². The molecule has 0 heterocycles. The summed E-state index contributed by atoms with van der Waals surface area (Å²) in [4.78, 5) is -0.559. The van der Waals surface area contributed by atoms with Crippen molar-refractivity contribution in [2.24, 2.45) is 0 Å². The largest absolute Gasteiger partial charge is 0.275 e. The Labute approximate surface area is 131 Å². The number of hydrogen-bond donors (Lipinski definition) is 1. The Morgan fingerprint density at radius 3 is 2.30 bits per heavy atom. The van der Waals surface area contributed by atoms with Gasteiger partial charge in [0.25, 0.3) is 10.0 Å². The SMILES string of the molecule is O=S(=O)(Nc1c(F)cccc1Br)c1ccc(Br)cc1F. The summed E-state index contributed by atoms with van der Waals surface area (Å²) in [7, 11) is -4.22. The fourth-order valence-corrected chi connectivity index (χ4v) is 3.53. The van der Waals surface area contributed by atoms with E-state index in [1.807, 2.05) is 4.72 Å². The minimum Gasteiger partial charge on any atom is -0.275 e.